The van der Waals surface area contributed by atoms with Crippen molar-refractivity contribution in [2.75, 3.05) is 39.2 Å². The minimum atomic E-state index is -0.693. The van der Waals surface area contributed by atoms with E-state index in [4.69, 9.17) is 19.4 Å². The molecule has 0 radical (unpaired) electrons. The van der Waals surface area contributed by atoms with Crippen LogP contribution in [0.1, 0.15) is 94.2 Å². The fraction of sp³-hybridized carbons (Fsp3) is 0.447. The van der Waals surface area contributed by atoms with E-state index in [1.54, 1.807) is 0 Å². The average molecular weight is 857 g/mol. The van der Waals surface area contributed by atoms with Crippen LogP contribution >= 0.6 is 0 Å². The third-order valence-electron chi connectivity index (χ3n) is 13.1. The van der Waals surface area contributed by atoms with Gasteiger partial charge in [-0.05, 0) is 97.5 Å². The predicted octanol–water partition coefficient (Wildman–Crippen LogP) is 7.43. The number of carbonyl (C=O) groups excluding carboxylic acids is 4. The second-order valence-electron chi connectivity index (χ2n) is 17.9. The Bertz CT molecular complexity index is 2720. The molecule has 16 nitrogen and oxygen atoms in total. The molecule has 6 aromatic rings. The molecule has 2 saturated heterocycles. The zero-order valence-electron chi connectivity index (χ0n) is 36.6. The number of nitrogens with one attached hydrogen (secondary N) is 6. The van der Waals surface area contributed by atoms with Gasteiger partial charge in [-0.15, -0.1) is 0 Å². The maximum Gasteiger partial charge on any atom is 0.407 e. The average Bonchev–Trinajstić information content (AvgIpc) is 4.14. The zero-order chi connectivity index (χ0) is 44.1. The highest BCUT2D eigenvalue weighted by Crippen LogP contribution is 2.38. The number of aromatic amines is 3. The number of imidazole rings is 2. The monoisotopic (exact) mass is 856 g/mol. The number of likely N-dealkylation sites (tertiary alicyclic amines) is 2. The number of carbonyl (C=O) groups is 4. The first-order valence-electron chi connectivity index (χ1n) is 22.1. The first-order chi connectivity index (χ1) is 30.4. The van der Waals surface area contributed by atoms with Crippen molar-refractivity contribution in [1.82, 2.24) is 45.4 Å². The summed E-state index contributed by atoms with van der Waals surface area (Å²) in [5.41, 5.74) is 10.2. The maximum atomic E-state index is 13.7. The Kier molecular flexibility index (Phi) is 11.2. The van der Waals surface area contributed by atoms with Crippen LogP contribution in [0.25, 0.3) is 44.2 Å². The summed E-state index contributed by atoms with van der Waals surface area (Å²) in [7, 11) is 2.60. The van der Waals surface area contributed by atoms with Crippen LogP contribution in [0.3, 0.4) is 0 Å². The minimum Gasteiger partial charge on any atom is -0.453 e. The summed E-state index contributed by atoms with van der Waals surface area (Å²) in [5, 5.41) is 10.3. The lowest BCUT2D eigenvalue weighted by atomic mass is 9.87. The fourth-order valence-electron chi connectivity index (χ4n) is 9.72. The number of ether oxygens (including phenoxy) is 2. The molecule has 6 heterocycles. The van der Waals surface area contributed by atoms with Crippen LogP contribution in [0.2, 0.25) is 0 Å². The number of hydrogen-bond donors (Lipinski definition) is 6. The van der Waals surface area contributed by atoms with Gasteiger partial charge in [0.25, 0.3) is 0 Å². The summed E-state index contributed by atoms with van der Waals surface area (Å²) in [5.74, 6) is 1.26. The number of H-pyrrole nitrogens is 3. The van der Waals surface area contributed by atoms with Gasteiger partial charge in [-0.1, -0.05) is 39.8 Å². The Morgan fingerprint density at radius 3 is 1.84 bits per heavy atom. The fourth-order valence-corrected chi connectivity index (χ4v) is 9.72. The number of anilines is 1. The number of rotatable bonds is 10. The van der Waals surface area contributed by atoms with E-state index in [0.717, 1.165) is 100 Å². The minimum absolute atomic E-state index is 0.105. The molecule has 0 saturated carbocycles. The first kappa shape index (κ1) is 41.8. The van der Waals surface area contributed by atoms with Crippen LogP contribution in [0.4, 0.5) is 15.3 Å². The Morgan fingerprint density at radius 1 is 0.698 bits per heavy atom. The quantitative estimate of drug-likeness (QED) is 0.0810. The summed E-state index contributed by atoms with van der Waals surface area (Å²) in [4.78, 5) is 75.8. The van der Waals surface area contributed by atoms with Crippen molar-refractivity contribution < 1.29 is 28.7 Å². The lowest BCUT2D eigenvalue weighted by Gasteiger charge is -2.29. The number of benzene rings is 3. The maximum absolute atomic E-state index is 13.7. The largest absolute Gasteiger partial charge is 0.453 e. The number of alkyl carbamates (subject to hydrolysis) is 2. The third kappa shape index (κ3) is 8.02. The highest BCUT2D eigenvalue weighted by atomic mass is 16.5. The molecule has 3 aromatic heterocycles. The Morgan fingerprint density at radius 2 is 1.27 bits per heavy atom. The number of aromatic nitrogens is 5. The number of hydrogen-bond acceptors (Lipinski definition) is 9. The lowest BCUT2D eigenvalue weighted by molar-refractivity contribution is -0.136. The van der Waals surface area contributed by atoms with Crippen molar-refractivity contribution in [3.8, 4) is 11.3 Å². The summed E-state index contributed by atoms with van der Waals surface area (Å²) >= 11 is 0. The molecule has 0 bridgehead atoms. The molecule has 3 aromatic carbocycles. The third-order valence-corrected chi connectivity index (χ3v) is 13.1. The normalized spacial score (nSPS) is 19.7. The molecular weight excluding hydrogens is 801 g/mol. The van der Waals surface area contributed by atoms with Crippen molar-refractivity contribution >= 4 is 62.7 Å². The molecule has 9 rings (SSSR count). The number of amides is 4. The summed E-state index contributed by atoms with van der Waals surface area (Å²) < 4.78 is 9.59. The first-order valence-corrected chi connectivity index (χ1v) is 22.1. The highest BCUT2D eigenvalue weighted by molar-refractivity contribution is 5.92. The van der Waals surface area contributed by atoms with Crippen LogP contribution in [-0.4, -0.2) is 105 Å². The van der Waals surface area contributed by atoms with Crippen molar-refractivity contribution in [2.45, 2.75) is 89.9 Å². The van der Waals surface area contributed by atoms with Gasteiger partial charge in [-0.3, -0.25) is 9.59 Å². The van der Waals surface area contributed by atoms with Crippen LogP contribution in [0.5, 0.6) is 0 Å². The van der Waals surface area contributed by atoms with E-state index in [1.165, 1.54) is 25.3 Å². The van der Waals surface area contributed by atoms with E-state index < -0.39 is 24.3 Å². The second kappa shape index (κ2) is 16.9. The van der Waals surface area contributed by atoms with Gasteiger partial charge in [0.1, 0.15) is 23.7 Å². The number of nitrogens with zero attached hydrogens (tertiary/aromatic N) is 4. The molecule has 0 spiro atoms. The van der Waals surface area contributed by atoms with Gasteiger partial charge in [-0.2, -0.15) is 0 Å². The topological polar surface area (TPSA) is 202 Å². The molecule has 3 aliphatic rings. The van der Waals surface area contributed by atoms with Crippen LogP contribution in [0, 0.1) is 11.8 Å². The van der Waals surface area contributed by atoms with Gasteiger partial charge in [0.05, 0.1) is 48.4 Å². The SMILES string of the molecule is COC(=O)N[C@H](C(=O)N1CCCC1c1nc2ccc(-c3cc4cc5c(cc4[nH]3)CC(c3ccc4nc(C6CCCN6C(=O)[C@H](NC(=O)OC)C(C)C)[nH]c4c3)CN5)cc2[nH]1)C(C)C. The van der Waals surface area contributed by atoms with Crippen molar-refractivity contribution in [3.63, 3.8) is 0 Å². The molecule has 4 amide bonds. The van der Waals surface area contributed by atoms with Crippen LogP contribution in [-0.2, 0) is 25.5 Å². The summed E-state index contributed by atoms with van der Waals surface area (Å²) in [6, 6.07) is 17.5. The van der Waals surface area contributed by atoms with Crippen molar-refractivity contribution in [3.05, 3.63) is 77.4 Å². The Labute approximate surface area is 365 Å². The Balaban J connectivity index is 0.905. The predicted molar refractivity (Wildman–Crippen MR) is 240 cm³/mol. The van der Waals surface area contributed by atoms with E-state index in [2.05, 4.69) is 79.4 Å². The molecule has 330 valence electrons. The van der Waals surface area contributed by atoms with Crippen molar-refractivity contribution in [1.29, 1.82) is 0 Å². The van der Waals surface area contributed by atoms with E-state index >= 15 is 0 Å². The highest BCUT2D eigenvalue weighted by Gasteiger charge is 2.39. The molecule has 5 atom stereocenters. The molecule has 3 unspecified atom stereocenters. The van der Waals surface area contributed by atoms with Crippen LogP contribution < -0.4 is 16.0 Å². The molecule has 2 fully saturated rings. The van der Waals surface area contributed by atoms with Gasteiger partial charge in [0.2, 0.25) is 11.8 Å². The van der Waals surface area contributed by atoms with Gasteiger partial charge in [0, 0.05) is 53.4 Å². The number of fused-ring (bicyclic) bond motifs is 4. The van der Waals surface area contributed by atoms with Crippen LogP contribution in [0.15, 0.2) is 54.6 Å². The molecule has 3 aliphatic heterocycles. The number of methoxy groups -OCH3 is 2. The molecule has 6 N–H and O–H groups in total. The molecule has 0 aliphatic carbocycles. The van der Waals surface area contributed by atoms with E-state index in [0.29, 0.717) is 13.1 Å². The van der Waals surface area contributed by atoms with E-state index in [1.807, 2.05) is 43.6 Å². The summed E-state index contributed by atoms with van der Waals surface area (Å²) in [6.07, 6.45) is 2.91. The van der Waals surface area contributed by atoms with E-state index in [-0.39, 0.29) is 41.7 Å². The van der Waals surface area contributed by atoms with Gasteiger partial charge in [0.15, 0.2) is 0 Å². The Hall–Kier alpha value is -6.58. The second-order valence-corrected chi connectivity index (χ2v) is 17.9. The smallest absolute Gasteiger partial charge is 0.407 e. The molecule has 16 heteroatoms. The van der Waals surface area contributed by atoms with Gasteiger partial charge in [-0.25, -0.2) is 19.6 Å². The zero-order valence-corrected chi connectivity index (χ0v) is 36.6. The lowest BCUT2D eigenvalue weighted by Crippen LogP contribution is -2.51. The standard InChI is InChI=1S/C47H56N10O6/c1-24(2)40(54-46(60)62-5)44(58)56-15-7-9-38(56)42-50-31-13-11-26(18-36(31)52-42)30-17-28-21-35-29(20-33(28)48-23-30)22-34(49-35)27-12-14-32-37(19-27)53-43(51-32)39-10-8-16-57(39)45(59)41(25(3)4)55-47(61)63-6/h11-14,18-22,24-25,30,38-41,48-49H,7-10,15-17,23H2,1-6H3,(H,50,52)(H,51,53)(H,54,60)(H,55,61)/t30?,38?,39?,40-,41+/m1/s1. The van der Waals surface area contributed by atoms with Gasteiger partial charge >= 0.3 is 12.2 Å². The van der Waals surface area contributed by atoms with Crippen molar-refractivity contribution in [2.24, 2.45) is 11.8 Å². The molecular formula is C47H56N10O6. The summed E-state index contributed by atoms with van der Waals surface area (Å²) in [6.45, 7) is 9.64. The van der Waals surface area contributed by atoms with E-state index in [9.17, 15) is 19.2 Å². The van der Waals surface area contributed by atoms with Gasteiger partial charge < -0.3 is 50.2 Å². The molecule has 63 heavy (non-hydrogen) atoms.